The monoisotopic (exact) mass is 325 g/mol. The van der Waals surface area contributed by atoms with E-state index in [9.17, 15) is 0 Å². The van der Waals surface area contributed by atoms with Gasteiger partial charge in [0.05, 0.1) is 5.01 Å². The van der Waals surface area contributed by atoms with Gasteiger partial charge in [0.2, 0.25) is 11.8 Å². The third-order valence-corrected chi connectivity index (χ3v) is 3.57. The van der Waals surface area contributed by atoms with Crippen LogP contribution in [0, 0.1) is 41.5 Å². The minimum atomic E-state index is 0.623. The van der Waals surface area contributed by atoms with Gasteiger partial charge in [-0.2, -0.15) is 0 Å². The van der Waals surface area contributed by atoms with Crippen molar-refractivity contribution in [3.05, 3.63) is 37.9 Å². The zero-order valence-corrected chi connectivity index (χ0v) is 14.7. The van der Waals surface area contributed by atoms with Crippen molar-refractivity contribution in [2.45, 2.75) is 41.5 Å². The molecule has 3 rings (SSSR count). The van der Waals surface area contributed by atoms with E-state index in [0.29, 0.717) is 11.8 Å². The Hall–Kier alpha value is -1.67. The molecule has 0 aromatic carbocycles. The molecule has 0 spiro atoms. The molecule has 0 saturated heterocycles. The van der Waals surface area contributed by atoms with Gasteiger partial charge in [-0.1, -0.05) is 0 Å². The summed E-state index contributed by atoms with van der Waals surface area (Å²) in [5.74, 6) is 1.25. The van der Waals surface area contributed by atoms with Crippen molar-refractivity contribution in [3.8, 4) is 0 Å². The number of rotatable bonds is 0. The topological polar surface area (TPSA) is 77.6 Å². The molecule has 0 aliphatic carbocycles. The summed E-state index contributed by atoms with van der Waals surface area (Å²) in [6, 6.07) is 0. The lowest BCUT2D eigenvalue weighted by Gasteiger charge is -1.70. The molecule has 3 aromatic rings. The first-order chi connectivity index (χ1) is 9.86. The van der Waals surface area contributed by atoms with Gasteiger partial charge in [0, 0.05) is 24.9 Å². The van der Waals surface area contributed by atoms with Crippen LogP contribution in [0.2, 0.25) is 0 Å². The highest BCUT2D eigenvalue weighted by Crippen LogP contribution is 2.07. The molecule has 3 aromatic heterocycles. The lowest BCUT2D eigenvalue weighted by molar-refractivity contribution is 0.489. The number of hydrogen-bond donors (Lipinski definition) is 0. The van der Waals surface area contributed by atoms with Gasteiger partial charge in [-0.15, -0.1) is 43.1 Å². The van der Waals surface area contributed by atoms with Gasteiger partial charge in [0.1, 0.15) is 10.0 Å². The summed E-state index contributed by atoms with van der Waals surface area (Å²) in [5, 5.41) is 18.0. The number of aryl methyl sites for hydroxylation is 6. The molecule has 0 unspecified atom stereocenters. The molecule has 0 aliphatic heterocycles. The van der Waals surface area contributed by atoms with E-state index in [1.54, 1.807) is 36.5 Å². The number of aromatic nitrogens is 5. The van der Waals surface area contributed by atoms with E-state index in [2.05, 4.69) is 32.3 Å². The molecule has 114 valence electrons. The number of hydrogen-bond acceptors (Lipinski definition) is 8. The average Bonchev–Trinajstić information content (AvgIpc) is 3.06. The highest BCUT2D eigenvalue weighted by Gasteiger charge is 1.90. The normalized spacial score (nSPS) is 9.43. The predicted octanol–water partition coefficient (Wildman–Crippen LogP) is 3.60. The maximum atomic E-state index is 4.86. The first kappa shape index (κ1) is 17.4. The lowest BCUT2D eigenvalue weighted by Crippen LogP contribution is -1.68. The molecule has 6 nitrogen and oxygen atoms in total. The Bertz CT molecular complexity index is 518. The fraction of sp³-hybridized carbons (Fsp3) is 0.462. The predicted molar refractivity (Wildman–Crippen MR) is 84.7 cm³/mol. The maximum absolute atomic E-state index is 4.86. The summed E-state index contributed by atoms with van der Waals surface area (Å²) in [5.41, 5.74) is 0. The summed E-state index contributed by atoms with van der Waals surface area (Å²) in [6.07, 6.45) is 1.89. The Labute approximate surface area is 132 Å². The summed E-state index contributed by atoms with van der Waals surface area (Å²) in [6.45, 7) is 11.5. The molecule has 0 saturated carbocycles. The van der Waals surface area contributed by atoms with E-state index in [1.165, 1.54) is 4.88 Å². The molecule has 0 atom stereocenters. The smallest absolute Gasteiger partial charge is 0.213 e. The minimum absolute atomic E-state index is 0.623. The molecule has 3 heterocycles. The molecule has 0 bridgehead atoms. The van der Waals surface area contributed by atoms with E-state index in [4.69, 9.17) is 4.42 Å². The summed E-state index contributed by atoms with van der Waals surface area (Å²) in [7, 11) is 0. The zero-order valence-electron chi connectivity index (χ0n) is 13.0. The van der Waals surface area contributed by atoms with Gasteiger partial charge >= 0.3 is 0 Å². The first-order valence-corrected chi connectivity index (χ1v) is 7.92. The molecule has 0 aliphatic rings. The molecule has 0 amide bonds. The van der Waals surface area contributed by atoms with Gasteiger partial charge in [-0.05, 0) is 27.7 Å². The molecule has 0 fully saturated rings. The largest absolute Gasteiger partial charge is 0.426 e. The second kappa shape index (κ2) is 8.58. The van der Waals surface area contributed by atoms with Gasteiger partial charge in [0.25, 0.3) is 0 Å². The Morgan fingerprint density at radius 2 is 1.24 bits per heavy atom. The maximum Gasteiger partial charge on any atom is 0.213 e. The van der Waals surface area contributed by atoms with E-state index >= 15 is 0 Å². The first-order valence-electron chi connectivity index (χ1n) is 6.29. The fourth-order valence-corrected chi connectivity index (χ4v) is 2.53. The van der Waals surface area contributed by atoms with Gasteiger partial charge < -0.3 is 4.42 Å². The zero-order chi connectivity index (χ0) is 15.8. The SMILES string of the molecule is Cc1cnc(C)s1.Cc1nnc(C)o1.Cc1nnc(C)s1. The van der Waals surface area contributed by atoms with Gasteiger partial charge in [-0.25, -0.2) is 4.98 Å². The van der Waals surface area contributed by atoms with Crippen LogP contribution in [0.3, 0.4) is 0 Å². The van der Waals surface area contributed by atoms with Crippen LogP contribution in [0.15, 0.2) is 10.6 Å². The van der Waals surface area contributed by atoms with Crippen LogP contribution < -0.4 is 0 Å². The van der Waals surface area contributed by atoms with Gasteiger partial charge in [-0.3, -0.25) is 0 Å². The van der Waals surface area contributed by atoms with Gasteiger partial charge in [0.15, 0.2) is 0 Å². The van der Waals surface area contributed by atoms with Crippen molar-refractivity contribution in [1.82, 2.24) is 25.4 Å². The number of thiazole rings is 1. The quantitative estimate of drug-likeness (QED) is 0.628. The van der Waals surface area contributed by atoms with E-state index in [0.717, 1.165) is 15.0 Å². The van der Waals surface area contributed by atoms with Crippen LogP contribution in [0.4, 0.5) is 0 Å². The Balaban J connectivity index is 0.000000157. The van der Waals surface area contributed by atoms with E-state index < -0.39 is 0 Å². The second-order valence-electron chi connectivity index (χ2n) is 4.17. The van der Waals surface area contributed by atoms with E-state index in [1.807, 2.05) is 27.0 Å². The van der Waals surface area contributed by atoms with Crippen LogP contribution in [-0.4, -0.2) is 25.4 Å². The second-order valence-corrected chi connectivity index (χ2v) is 6.99. The van der Waals surface area contributed by atoms with Crippen molar-refractivity contribution in [1.29, 1.82) is 0 Å². The summed E-state index contributed by atoms with van der Waals surface area (Å²) in [4.78, 5) is 5.32. The molecule has 0 radical (unpaired) electrons. The standard InChI is InChI=1S/C5H7NS.C4H6N2O.C4H6N2S/c1-4-3-6-5(2)7-4;2*1-3-5-6-4(2)7-3/h3H,1-2H3;2*1-2H3. The summed E-state index contributed by atoms with van der Waals surface area (Å²) < 4.78 is 4.86. The Morgan fingerprint density at radius 3 is 1.38 bits per heavy atom. The molecular weight excluding hydrogens is 306 g/mol. The Kier molecular flexibility index (Phi) is 7.10. The molecule has 0 N–H and O–H groups in total. The van der Waals surface area contributed by atoms with Crippen LogP contribution in [0.1, 0.15) is 31.7 Å². The number of nitrogens with zero attached hydrogens (tertiary/aromatic N) is 5. The molecular formula is C13H19N5OS2. The third-order valence-electron chi connectivity index (χ3n) is 1.99. The van der Waals surface area contributed by atoms with Crippen LogP contribution in [0.5, 0.6) is 0 Å². The van der Waals surface area contributed by atoms with Crippen LogP contribution in [0.25, 0.3) is 0 Å². The molecule has 8 heteroatoms. The van der Waals surface area contributed by atoms with Crippen molar-refractivity contribution in [2.75, 3.05) is 0 Å². The average molecular weight is 325 g/mol. The van der Waals surface area contributed by atoms with E-state index in [-0.39, 0.29) is 0 Å². The molecule has 21 heavy (non-hydrogen) atoms. The third kappa shape index (κ3) is 7.62. The van der Waals surface area contributed by atoms with Crippen molar-refractivity contribution >= 4 is 22.7 Å². The van der Waals surface area contributed by atoms with Crippen molar-refractivity contribution < 1.29 is 4.42 Å². The van der Waals surface area contributed by atoms with Crippen LogP contribution >= 0.6 is 22.7 Å². The lowest BCUT2D eigenvalue weighted by atomic mass is 10.6. The fourth-order valence-electron chi connectivity index (χ4n) is 1.26. The highest BCUT2D eigenvalue weighted by atomic mass is 32.1. The van der Waals surface area contributed by atoms with Crippen LogP contribution in [-0.2, 0) is 0 Å². The van der Waals surface area contributed by atoms with Crippen molar-refractivity contribution in [2.24, 2.45) is 0 Å². The summed E-state index contributed by atoms with van der Waals surface area (Å²) >= 11 is 3.35. The minimum Gasteiger partial charge on any atom is -0.426 e. The van der Waals surface area contributed by atoms with Crippen molar-refractivity contribution in [3.63, 3.8) is 0 Å². The highest BCUT2D eigenvalue weighted by molar-refractivity contribution is 7.11. The Morgan fingerprint density at radius 1 is 0.714 bits per heavy atom.